The summed E-state index contributed by atoms with van der Waals surface area (Å²) in [5, 5.41) is 8.02. The number of hydrogen-bond donors (Lipinski definition) is 1. The Balaban J connectivity index is 2.51. The molecule has 0 unspecified atom stereocenters. The van der Waals surface area contributed by atoms with Crippen LogP contribution in [0.15, 0.2) is 18.2 Å². The first-order valence-corrected chi connectivity index (χ1v) is 5.38. The molecule has 1 N–H and O–H groups in total. The fourth-order valence-corrected chi connectivity index (χ4v) is 1.38. The largest absolute Gasteiger partial charge is 0.461 e. The maximum Gasteiger partial charge on any atom is 0.311 e. The molecule has 0 atom stereocenters. The van der Waals surface area contributed by atoms with Crippen molar-refractivity contribution in [2.24, 2.45) is 0 Å². The lowest BCUT2D eigenvalue weighted by Gasteiger charge is -2.05. The third-order valence-corrected chi connectivity index (χ3v) is 2.53. The van der Waals surface area contributed by atoms with Gasteiger partial charge in [0.15, 0.2) is 0 Å². The smallest absolute Gasteiger partial charge is 0.311 e. The lowest BCUT2D eigenvalue weighted by atomic mass is 10.2. The fraction of sp³-hybridized carbons (Fsp3) is 0.273. The molecule has 1 rings (SSSR count). The maximum atomic E-state index is 11.2. The Morgan fingerprint density at radius 2 is 2.06 bits per heavy atom. The second kappa shape index (κ2) is 5.87. The number of carbonyl (C=O) groups excluding carboxylic acids is 1. The molecule has 3 nitrogen and oxygen atoms in total. The molecule has 0 saturated heterocycles. The second-order valence-corrected chi connectivity index (χ2v) is 4.18. The van der Waals surface area contributed by atoms with Crippen LogP contribution in [0.1, 0.15) is 18.9 Å². The number of hydrogen-bond acceptors (Lipinski definition) is 3. The maximum absolute atomic E-state index is 11.2. The zero-order valence-electron chi connectivity index (χ0n) is 8.72. The van der Waals surface area contributed by atoms with E-state index in [0.29, 0.717) is 10.0 Å². The topological polar surface area (TPSA) is 50.2 Å². The molecule has 0 saturated carbocycles. The quantitative estimate of drug-likeness (QED) is 0.665. The Bertz CT molecular complexity index is 418. The minimum atomic E-state index is -0.418. The van der Waals surface area contributed by atoms with Crippen LogP contribution in [0.3, 0.4) is 0 Å². The van der Waals surface area contributed by atoms with Gasteiger partial charge in [-0.2, -0.15) is 0 Å². The van der Waals surface area contributed by atoms with E-state index >= 15 is 0 Å². The van der Waals surface area contributed by atoms with E-state index in [9.17, 15) is 4.79 Å². The SMILES string of the molecule is CC(=N)CC(=O)OCc1ccc(Cl)c(Cl)c1. The molecule has 0 bridgehead atoms. The van der Waals surface area contributed by atoms with Crippen molar-refractivity contribution >= 4 is 34.9 Å². The molecule has 16 heavy (non-hydrogen) atoms. The molecular weight excluding hydrogens is 249 g/mol. The summed E-state index contributed by atoms with van der Waals surface area (Å²) in [5.74, 6) is -0.418. The van der Waals surface area contributed by atoms with Gasteiger partial charge in [-0.15, -0.1) is 0 Å². The van der Waals surface area contributed by atoms with Crippen molar-refractivity contribution in [1.82, 2.24) is 0 Å². The summed E-state index contributed by atoms with van der Waals surface area (Å²) < 4.78 is 4.95. The minimum absolute atomic E-state index is 0.0152. The highest BCUT2D eigenvalue weighted by Gasteiger charge is 2.05. The number of halogens is 2. The van der Waals surface area contributed by atoms with Crippen LogP contribution in [0.25, 0.3) is 0 Å². The van der Waals surface area contributed by atoms with Gasteiger partial charge in [-0.25, -0.2) is 0 Å². The van der Waals surface area contributed by atoms with Gasteiger partial charge >= 0.3 is 5.97 Å². The van der Waals surface area contributed by atoms with Gasteiger partial charge in [-0.1, -0.05) is 29.3 Å². The molecule has 0 aromatic heterocycles. The van der Waals surface area contributed by atoms with Crippen LogP contribution in [-0.2, 0) is 16.1 Å². The van der Waals surface area contributed by atoms with Crippen molar-refractivity contribution in [2.75, 3.05) is 0 Å². The van der Waals surface area contributed by atoms with E-state index in [2.05, 4.69) is 0 Å². The number of esters is 1. The molecule has 0 aliphatic carbocycles. The highest BCUT2D eigenvalue weighted by molar-refractivity contribution is 6.42. The molecule has 0 radical (unpaired) electrons. The molecule has 1 aromatic rings. The van der Waals surface area contributed by atoms with Gasteiger partial charge in [0, 0.05) is 5.71 Å². The van der Waals surface area contributed by atoms with Crippen molar-refractivity contribution < 1.29 is 9.53 Å². The zero-order valence-corrected chi connectivity index (χ0v) is 10.2. The van der Waals surface area contributed by atoms with E-state index in [4.69, 9.17) is 33.3 Å². The van der Waals surface area contributed by atoms with Gasteiger partial charge in [0.05, 0.1) is 16.5 Å². The number of rotatable bonds is 4. The number of nitrogens with one attached hydrogen (secondary N) is 1. The van der Waals surface area contributed by atoms with E-state index in [1.54, 1.807) is 25.1 Å². The summed E-state index contributed by atoms with van der Waals surface area (Å²) in [4.78, 5) is 11.2. The van der Waals surface area contributed by atoms with Crippen LogP contribution in [-0.4, -0.2) is 11.7 Å². The van der Waals surface area contributed by atoms with Crippen molar-refractivity contribution in [2.45, 2.75) is 20.0 Å². The normalized spacial score (nSPS) is 9.94. The molecular formula is C11H11Cl2NO2. The van der Waals surface area contributed by atoms with Gasteiger partial charge in [0.1, 0.15) is 6.61 Å². The van der Waals surface area contributed by atoms with E-state index in [1.165, 1.54) is 0 Å². The summed E-state index contributed by atoms with van der Waals surface area (Å²) >= 11 is 11.6. The summed E-state index contributed by atoms with van der Waals surface area (Å²) in [6.45, 7) is 1.70. The number of benzene rings is 1. The third-order valence-electron chi connectivity index (χ3n) is 1.79. The predicted molar refractivity (Wildman–Crippen MR) is 64.3 cm³/mol. The predicted octanol–water partition coefficient (Wildman–Crippen LogP) is 3.47. The van der Waals surface area contributed by atoms with Crippen molar-refractivity contribution in [3.05, 3.63) is 33.8 Å². The van der Waals surface area contributed by atoms with E-state index in [-0.39, 0.29) is 18.7 Å². The molecule has 0 amide bonds. The standard InChI is InChI=1S/C11H11Cl2NO2/c1-7(14)4-11(15)16-6-8-2-3-9(12)10(13)5-8/h2-3,5,14H,4,6H2,1H3. The van der Waals surface area contributed by atoms with Crippen LogP contribution in [0.4, 0.5) is 0 Å². The van der Waals surface area contributed by atoms with Gasteiger partial charge in [-0.05, 0) is 24.6 Å². The first kappa shape index (κ1) is 13.0. The van der Waals surface area contributed by atoms with Crippen molar-refractivity contribution in [1.29, 1.82) is 5.41 Å². The second-order valence-electron chi connectivity index (χ2n) is 3.37. The first-order valence-electron chi connectivity index (χ1n) is 4.62. The average Bonchev–Trinajstić information content (AvgIpc) is 2.19. The van der Waals surface area contributed by atoms with Crippen LogP contribution in [0.5, 0.6) is 0 Å². The Morgan fingerprint density at radius 1 is 1.38 bits per heavy atom. The Hall–Kier alpha value is -1.06. The Labute approximate surface area is 104 Å². The van der Waals surface area contributed by atoms with Crippen LogP contribution < -0.4 is 0 Å². The summed E-state index contributed by atoms with van der Waals surface area (Å²) in [6.07, 6.45) is 0.0152. The Kier molecular flexibility index (Phi) is 4.77. The summed E-state index contributed by atoms with van der Waals surface area (Å²) in [5.41, 5.74) is 1.05. The van der Waals surface area contributed by atoms with Gasteiger partial charge in [-0.3, -0.25) is 4.79 Å². The summed E-state index contributed by atoms with van der Waals surface area (Å²) in [6, 6.07) is 5.03. The molecule has 1 aromatic carbocycles. The molecule has 0 heterocycles. The molecule has 5 heteroatoms. The highest BCUT2D eigenvalue weighted by atomic mass is 35.5. The molecule has 0 fully saturated rings. The molecule has 86 valence electrons. The van der Waals surface area contributed by atoms with Crippen molar-refractivity contribution in [3.8, 4) is 0 Å². The van der Waals surface area contributed by atoms with Crippen LogP contribution >= 0.6 is 23.2 Å². The number of carbonyl (C=O) groups is 1. The van der Waals surface area contributed by atoms with E-state index < -0.39 is 5.97 Å². The summed E-state index contributed by atoms with van der Waals surface area (Å²) in [7, 11) is 0. The highest BCUT2D eigenvalue weighted by Crippen LogP contribution is 2.22. The van der Waals surface area contributed by atoms with Gasteiger partial charge < -0.3 is 10.1 Å². The van der Waals surface area contributed by atoms with Gasteiger partial charge in [0.2, 0.25) is 0 Å². The van der Waals surface area contributed by atoms with E-state index in [0.717, 1.165) is 5.56 Å². The number of ether oxygens (including phenoxy) is 1. The van der Waals surface area contributed by atoms with Crippen LogP contribution in [0.2, 0.25) is 10.0 Å². The van der Waals surface area contributed by atoms with E-state index in [1.807, 2.05) is 0 Å². The van der Waals surface area contributed by atoms with Crippen LogP contribution in [0, 0.1) is 5.41 Å². The Morgan fingerprint density at radius 3 is 2.62 bits per heavy atom. The monoisotopic (exact) mass is 259 g/mol. The zero-order chi connectivity index (χ0) is 12.1. The average molecular weight is 260 g/mol. The van der Waals surface area contributed by atoms with Gasteiger partial charge in [0.25, 0.3) is 0 Å². The third kappa shape index (κ3) is 4.21. The lowest BCUT2D eigenvalue weighted by Crippen LogP contribution is -2.08. The minimum Gasteiger partial charge on any atom is -0.461 e. The molecule has 0 aliphatic rings. The molecule has 0 aliphatic heterocycles. The first-order chi connectivity index (χ1) is 7.49. The van der Waals surface area contributed by atoms with Crippen molar-refractivity contribution in [3.63, 3.8) is 0 Å². The fourth-order valence-electron chi connectivity index (χ4n) is 1.06. The lowest BCUT2D eigenvalue weighted by molar-refractivity contribution is -0.143. The molecule has 0 spiro atoms.